The number of aliphatic carboxylic acids is 1. The average Bonchev–Trinajstić information content (AvgIpc) is 2.83. The molecule has 1 aliphatic rings. The Labute approximate surface area is 118 Å². The summed E-state index contributed by atoms with van der Waals surface area (Å²) in [6.45, 7) is 5.12. The van der Waals surface area contributed by atoms with Crippen molar-refractivity contribution < 1.29 is 9.90 Å². The fourth-order valence-electron chi connectivity index (χ4n) is 2.64. The number of carboxylic acids is 1. The number of aromatic nitrogens is 1. The molecule has 0 aromatic carbocycles. The second kappa shape index (κ2) is 6.48. The second-order valence-electron chi connectivity index (χ2n) is 5.48. The summed E-state index contributed by atoms with van der Waals surface area (Å²) in [5.74, 6) is -0.134. The van der Waals surface area contributed by atoms with Crippen LogP contribution in [0.2, 0.25) is 0 Å². The standard InChI is InChI=1S/C14H22N2O2S/c1-9(13-8-19-10(2)16-13)15-7-11-3-5-12(6-4-11)14(17)18/h8-9,11-12,15H,3-7H2,1-2H3,(H,17,18). The van der Waals surface area contributed by atoms with Crippen LogP contribution in [-0.4, -0.2) is 22.6 Å². The zero-order chi connectivity index (χ0) is 13.8. The molecule has 0 radical (unpaired) electrons. The number of carbonyl (C=O) groups is 1. The lowest BCUT2D eigenvalue weighted by molar-refractivity contribution is -0.143. The van der Waals surface area contributed by atoms with Gasteiger partial charge in [0, 0.05) is 11.4 Å². The molecule has 5 heteroatoms. The molecule has 4 nitrogen and oxygen atoms in total. The lowest BCUT2D eigenvalue weighted by Crippen LogP contribution is -2.30. The lowest BCUT2D eigenvalue weighted by atomic mass is 9.82. The normalized spacial score (nSPS) is 25.2. The molecule has 1 fully saturated rings. The van der Waals surface area contributed by atoms with Crippen molar-refractivity contribution in [2.75, 3.05) is 6.54 Å². The van der Waals surface area contributed by atoms with E-state index in [0.717, 1.165) is 42.9 Å². The molecule has 2 N–H and O–H groups in total. The third-order valence-corrected chi connectivity index (χ3v) is 4.78. The Kier molecular flexibility index (Phi) is 4.93. The number of thiazole rings is 1. The van der Waals surface area contributed by atoms with Gasteiger partial charge in [-0.05, 0) is 52.0 Å². The van der Waals surface area contributed by atoms with Crippen LogP contribution in [0.1, 0.15) is 49.4 Å². The SMILES string of the molecule is Cc1nc(C(C)NCC2CCC(C(=O)O)CC2)cs1. The van der Waals surface area contributed by atoms with Crippen molar-refractivity contribution >= 4 is 17.3 Å². The van der Waals surface area contributed by atoms with Crippen molar-refractivity contribution in [1.82, 2.24) is 10.3 Å². The first-order valence-electron chi connectivity index (χ1n) is 6.94. The Hall–Kier alpha value is -0.940. The average molecular weight is 282 g/mol. The van der Waals surface area contributed by atoms with Crippen LogP contribution in [0.3, 0.4) is 0 Å². The Balaban J connectivity index is 1.73. The molecule has 19 heavy (non-hydrogen) atoms. The molecule has 0 saturated heterocycles. The monoisotopic (exact) mass is 282 g/mol. The van der Waals surface area contributed by atoms with E-state index in [4.69, 9.17) is 5.11 Å². The molecule has 0 amide bonds. The molecule has 106 valence electrons. The van der Waals surface area contributed by atoms with Gasteiger partial charge in [0.15, 0.2) is 0 Å². The van der Waals surface area contributed by atoms with Crippen LogP contribution in [0.25, 0.3) is 0 Å². The number of nitrogens with one attached hydrogen (secondary N) is 1. The minimum atomic E-state index is -0.627. The van der Waals surface area contributed by atoms with E-state index in [1.165, 1.54) is 0 Å². The molecular formula is C14H22N2O2S. The van der Waals surface area contributed by atoms with Crippen molar-refractivity contribution in [2.45, 2.75) is 45.6 Å². The van der Waals surface area contributed by atoms with Gasteiger partial charge in [0.2, 0.25) is 0 Å². The van der Waals surface area contributed by atoms with Gasteiger partial charge in [-0.2, -0.15) is 0 Å². The molecule has 1 saturated carbocycles. The predicted octanol–water partition coefficient (Wildman–Crippen LogP) is 2.99. The maximum absolute atomic E-state index is 10.9. The summed E-state index contributed by atoms with van der Waals surface area (Å²) in [4.78, 5) is 15.4. The van der Waals surface area contributed by atoms with Crippen LogP contribution < -0.4 is 5.32 Å². The zero-order valence-corrected chi connectivity index (χ0v) is 12.4. The Bertz CT molecular complexity index is 425. The number of rotatable bonds is 5. The fraction of sp³-hybridized carbons (Fsp3) is 0.714. The van der Waals surface area contributed by atoms with Crippen LogP contribution in [0, 0.1) is 18.8 Å². The Morgan fingerprint density at radius 3 is 2.74 bits per heavy atom. The quantitative estimate of drug-likeness (QED) is 0.871. The third-order valence-electron chi connectivity index (χ3n) is 3.99. The van der Waals surface area contributed by atoms with Crippen LogP contribution in [0.4, 0.5) is 0 Å². The summed E-state index contributed by atoms with van der Waals surface area (Å²) in [5.41, 5.74) is 1.11. The van der Waals surface area contributed by atoms with E-state index in [1.54, 1.807) is 11.3 Å². The number of carboxylic acid groups (broad SMARTS) is 1. The van der Waals surface area contributed by atoms with Gasteiger partial charge in [0.1, 0.15) is 0 Å². The van der Waals surface area contributed by atoms with E-state index >= 15 is 0 Å². The Morgan fingerprint density at radius 1 is 1.53 bits per heavy atom. The Morgan fingerprint density at radius 2 is 2.21 bits per heavy atom. The zero-order valence-electron chi connectivity index (χ0n) is 11.6. The first-order chi connectivity index (χ1) is 9.06. The third kappa shape index (κ3) is 4.01. The van der Waals surface area contributed by atoms with Gasteiger partial charge in [0.05, 0.1) is 16.6 Å². The number of nitrogens with zero attached hydrogens (tertiary/aromatic N) is 1. The fourth-order valence-corrected chi connectivity index (χ4v) is 3.35. The minimum Gasteiger partial charge on any atom is -0.481 e. The van der Waals surface area contributed by atoms with Crippen LogP contribution >= 0.6 is 11.3 Å². The van der Waals surface area contributed by atoms with E-state index in [2.05, 4.69) is 22.6 Å². The highest BCUT2D eigenvalue weighted by Crippen LogP contribution is 2.29. The highest BCUT2D eigenvalue weighted by molar-refractivity contribution is 7.09. The number of aryl methyl sites for hydroxylation is 1. The largest absolute Gasteiger partial charge is 0.481 e. The molecule has 1 aromatic heterocycles. The maximum Gasteiger partial charge on any atom is 0.306 e. The first kappa shape index (κ1) is 14.5. The number of hydrogen-bond donors (Lipinski definition) is 2. The molecule has 1 atom stereocenters. The highest BCUT2D eigenvalue weighted by Gasteiger charge is 2.26. The van der Waals surface area contributed by atoms with Gasteiger partial charge in [-0.25, -0.2) is 4.98 Å². The molecule has 0 aliphatic heterocycles. The summed E-state index contributed by atoms with van der Waals surface area (Å²) < 4.78 is 0. The molecule has 1 heterocycles. The second-order valence-corrected chi connectivity index (χ2v) is 6.54. The minimum absolute atomic E-state index is 0.116. The van der Waals surface area contributed by atoms with E-state index in [1.807, 2.05) is 6.92 Å². The highest BCUT2D eigenvalue weighted by atomic mass is 32.1. The van der Waals surface area contributed by atoms with Gasteiger partial charge >= 0.3 is 5.97 Å². The lowest BCUT2D eigenvalue weighted by Gasteiger charge is -2.27. The van der Waals surface area contributed by atoms with Crippen molar-refractivity contribution in [3.8, 4) is 0 Å². The molecule has 0 bridgehead atoms. The molecule has 1 aromatic rings. The first-order valence-corrected chi connectivity index (χ1v) is 7.82. The van der Waals surface area contributed by atoms with Crippen LogP contribution in [-0.2, 0) is 4.79 Å². The van der Waals surface area contributed by atoms with Gasteiger partial charge < -0.3 is 10.4 Å². The predicted molar refractivity (Wildman–Crippen MR) is 76.4 cm³/mol. The van der Waals surface area contributed by atoms with Gasteiger partial charge in [-0.15, -0.1) is 11.3 Å². The summed E-state index contributed by atoms with van der Waals surface area (Å²) in [6, 6.07) is 0.280. The van der Waals surface area contributed by atoms with Crippen molar-refractivity contribution in [1.29, 1.82) is 0 Å². The summed E-state index contributed by atoms with van der Waals surface area (Å²) in [6.07, 6.45) is 3.69. The van der Waals surface area contributed by atoms with Crippen LogP contribution in [0.5, 0.6) is 0 Å². The van der Waals surface area contributed by atoms with Crippen molar-refractivity contribution in [3.63, 3.8) is 0 Å². The summed E-state index contributed by atoms with van der Waals surface area (Å²) in [7, 11) is 0. The molecule has 1 aliphatic carbocycles. The summed E-state index contributed by atoms with van der Waals surface area (Å²) >= 11 is 1.68. The molecule has 1 unspecified atom stereocenters. The molecular weight excluding hydrogens is 260 g/mol. The van der Waals surface area contributed by atoms with Crippen molar-refractivity contribution in [2.24, 2.45) is 11.8 Å². The van der Waals surface area contributed by atoms with E-state index in [0.29, 0.717) is 5.92 Å². The van der Waals surface area contributed by atoms with E-state index < -0.39 is 5.97 Å². The summed E-state index contributed by atoms with van der Waals surface area (Å²) in [5, 5.41) is 15.7. The van der Waals surface area contributed by atoms with E-state index in [9.17, 15) is 4.79 Å². The molecule has 2 rings (SSSR count). The topological polar surface area (TPSA) is 62.2 Å². The van der Waals surface area contributed by atoms with Gasteiger partial charge in [-0.1, -0.05) is 0 Å². The van der Waals surface area contributed by atoms with E-state index in [-0.39, 0.29) is 12.0 Å². The number of hydrogen-bond acceptors (Lipinski definition) is 4. The molecule has 0 spiro atoms. The maximum atomic E-state index is 10.9. The van der Waals surface area contributed by atoms with Crippen molar-refractivity contribution in [3.05, 3.63) is 16.1 Å². The van der Waals surface area contributed by atoms with Gasteiger partial charge in [0.25, 0.3) is 0 Å². The van der Waals surface area contributed by atoms with Gasteiger partial charge in [-0.3, -0.25) is 4.79 Å². The smallest absolute Gasteiger partial charge is 0.306 e. The van der Waals surface area contributed by atoms with Crippen LogP contribution in [0.15, 0.2) is 5.38 Å².